The first-order valence-corrected chi connectivity index (χ1v) is 5.83. The van der Waals surface area contributed by atoms with Crippen LogP contribution in [-0.4, -0.2) is 30.5 Å². The van der Waals surface area contributed by atoms with Gasteiger partial charge in [0.2, 0.25) is 0 Å². The maximum Gasteiger partial charge on any atom is 0.403 e. The van der Waals surface area contributed by atoms with Gasteiger partial charge in [0.05, 0.1) is 6.10 Å². The second-order valence-corrected chi connectivity index (χ2v) is 4.12. The van der Waals surface area contributed by atoms with Gasteiger partial charge in [0.25, 0.3) is 0 Å². The standard InChI is InChI=1S/C11H22F3NO/c1-3-4-5-6-7-9(16)8-10(15-2)11(12,13)14/h9-10,15-16H,3-8H2,1-2H3/t9-,10-/m0/s1. The monoisotopic (exact) mass is 241 g/mol. The third-order valence-electron chi connectivity index (χ3n) is 2.64. The van der Waals surface area contributed by atoms with E-state index < -0.39 is 18.3 Å². The van der Waals surface area contributed by atoms with Crippen LogP contribution in [0.25, 0.3) is 0 Å². The Morgan fingerprint density at radius 2 is 1.81 bits per heavy atom. The fourth-order valence-corrected chi connectivity index (χ4v) is 1.61. The summed E-state index contributed by atoms with van der Waals surface area (Å²) < 4.78 is 37.1. The SMILES string of the molecule is CCCCCC[C@H](O)C[C@H](NC)C(F)(F)F. The van der Waals surface area contributed by atoms with Crippen molar-refractivity contribution in [2.24, 2.45) is 0 Å². The molecule has 2 N–H and O–H groups in total. The number of nitrogens with one attached hydrogen (secondary N) is 1. The Morgan fingerprint density at radius 3 is 2.25 bits per heavy atom. The molecule has 0 aliphatic carbocycles. The van der Waals surface area contributed by atoms with Gasteiger partial charge >= 0.3 is 6.18 Å². The summed E-state index contributed by atoms with van der Waals surface area (Å²) in [7, 11) is 1.27. The lowest BCUT2D eigenvalue weighted by atomic mass is 10.0. The van der Waals surface area contributed by atoms with Crippen LogP contribution in [0.5, 0.6) is 0 Å². The number of hydrogen-bond donors (Lipinski definition) is 2. The molecule has 0 heterocycles. The number of aliphatic hydroxyl groups is 1. The number of alkyl halides is 3. The summed E-state index contributed by atoms with van der Waals surface area (Å²) in [6, 6.07) is -1.60. The molecule has 0 amide bonds. The molecule has 0 rings (SSSR count). The Morgan fingerprint density at radius 1 is 1.19 bits per heavy atom. The lowest BCUT2D eigenvalue weighted by Gasteiger charge is -2.22. The van der Waals surface area contributed by atoms with Crippen LogP contribution in [0, 0.1) is 0 Å². The van der Waals surface area contributed by atoms with Crippen molar-refractivity contribution in [3.8, 4) is 0 Å². The molecular weight excluding hydrogens is 219 g/mol. The molecule has 0 bridgehead atoms. The summed E-state index contributed by atoms with van der Waals surface area (Å²) in [5.41, 5.74) is 0. The third-order valence-corrected chi connectivity index (χ3v) is 2.64. The van der Waals surface area contributed by atoms with Crippen LogP contribution < -0.4 is 5.32 Å². The van der Waals surface area contributed by atoms with Gasteiger partial charge in [-0.05, 0) is 19.9 Å². The van der Waals surface area contributed by atoms with Crippen molar-refractivity contribution < 1.29 is 18.3 Å². The highest BCUT2D eigenvalue weighted by Crippen LogP contribution is 2.24. The van der Waals surface area contributed by atoms with E-state index in [2.05, 4.69) is 12.2 Å². The molecule has 0 saturated heterocycles. The molecule has 0 aromatic rings. The van der Waals surface area contributed by atoms with Crippen molar-refractivity contribution in [2.45, 2.75) is 63.8 Å². The first-order valence-electron chi connectivity index (χ1n) is 5.83. The van der Waals surface area contributed by atoms with Gasteiger partial charge in [-0.1, -0.05) is 32.6 Å². The lowest BCUT2D eigenvalue weighted by molar-refractivity contribution is -0.161. The predicted octanol–water partition coefficient (Wildman–Crippen LogP) is 2.86. The Kier molecular flexibility index (Phi) is 7.76. The fourth-order valence-electron chi connectivity index (χ4n) is 1.61. The molecule has 0 spiro atoms. The molecule has 98 valence electrons. The van der Waals surface area contributed by atoms with Crippen LogP contribution in [0.1, 0.15) is 45.4 Å². The van der Waals surface area contributed by atoms with E-state index in [0.29, 0.717) is 6.42 Å². The van der Waals surface area contributed by atoms with Crippen LogP contribution >= 0.6 is 0 Å². The topological polar surface area (TPSA) is 32.3 Å². The van der Waals surface area contributed by atoms with Crippen LogP contribution in [0.2, 0.25) is 0 Å². The number of aliphatic hydroxyl groups excluding tert-OH is 1. The summed E-state index contributed by atoms with van der Waals surface area (Å²) in [6.07, 6.45) is -1.03. The number of halogens is 3. The van der Waals surface area contributed by atoms with E-state index in [-0.39, 0.29) is 6.42 Å². The van der Waals surface area contributed by atoms with E-state index in [1.807, 2.05) is 0 Å². The van der Waals surface area contributed by atoms with Crippen molar-refractivity contribution in [3.63, 3.8) is 0 Å². The van der Waals surface area contributed by atoms with Gasteiger partial charge in [0, 0.05) is 0 Å². The van der Waals surface area contributed by atoms with E-state index in [1.54, 1.807) is 0 Å². The van der Waals surface area contributed by atoms with Gasteiger partial charge in [-0.3, -0.25) is 0 Å². The van der Waals surface area contributed by atoms with Crippen LogP contribution in [0.3, 0.4) is 0 Å². The molecule has 0 aliphatic heterocycles. The van der Waals surface area contributed by atoms with E-state index in [0.717, 1.165) is 25.7 Å². The zero-order valence-corrected chi connectivity index (χ0v) is 9.98. The van der Waals surface area contributed by atoms with E-state index >= 15 is 0 Å². The first-order chi connectivity index (χ1) is 7.41. The van der Waals surface area contributed by atoms with E-state index in [4.69, 9.17) is 0 Å². The second-order valence-electron chi connectivity index (χ2n) is 4.12. The van der Waals surface area contributed by atoms with Crippen molar-refractivity contribution in [1.29, 1.82) is 0 Å². The minimum absolute atomic E-state index is 0.258. The molecule has 0 radical (unpaired) electrons. The highest BCUT2D eigenvalue weighted by molar-refractivity contribution is 4.76. The van der Waals surface area contributed by atoms with E-state index in [1.165, 1.54) is 7.05 Å². The Balaban J connectivity index is 3.79. The predicted molar refractivity (Wildman–Crippen MR) is 58.3 cm³/mol. The third kappa shape index (κ3) is 7.06. The summed E-state index contributed by atoms with van der Waals surface area (Å²) >= 11 is 0. The number of hydrogen-bond acceptors (Lipinski definition) is 2. The highest BCUT2D eigenvalue weighted by atomic mass is 19.4. The molecule has 16 heavy (non-hydrogen) atoms. The maximum absolute atomic E-state index is 12.4. The van der Waals surface area contributed by atoms with Gasteiger partial charge in [-0.2, -0.15) is 13.2 Å². The smallest absolute Gasteiger partial charge is 0.393 e. The minimum Gasteiger partial charge on any atom is -0.393 e. The molecule has 0 unspecified atom stereocenters. The zero-order valence-electron chi connectivity index (χ0n) is 9.98. The second kappa shape index (κ2) is 7.90. The summed E-state index contributed by atoms with van der Waals surface area (Å²) in [4.78, 5) is 0. The van der Waals surface area contributed by atoms with Crippen molar-refractivity contribution in [3.05, 3.63) is 0 Å². The van der Waals surface area contributed by atoms with E-state index in [9.17, 15) is 18.3 Å². The molecule has 0 aromatic heterocycles. The Bertz CT molecular complexity index is 173. The highest BCUT2D eigenvalue weighted by Gasteiger charge is 2.39. The normalized spacial score (nSPS) is 16.1. The number of unbranched alkanes of at least 4 members (excludes halogenated alkanes) is 3. The van der Waals surface area contributed by atoms with Crippen LogP contribution in [-0.2, 0) is 0 Å². The summed E-state index contributed by atoms with van der Waals surface area (Å²) in [5, 5.41) is 11.7. The summed E-state index contributed by atoms with van der Waals surface area (Å²) in [6.45, 7) is 2.07. The quantitative estimate of drug-likeness (QED) is 0.640. The molecule has 0 aliphatic rings. The molecule has 0 aromatic carbocycles. The minimum atomic E-state index is -4.28. The lowest BCUT2D eigenvalue weighted by Crippen LogP contribution is -2.42. The van der Waals surface area contributed by atoms with Crippen molar-refractivity contribution >= 4 is 0 Å². The zero-order chi connectivity index (χ0) is 12.6. The summed E-state index contributed by atoms with van der Waals surface area (Å²) in [5.74, 6) is 0. The molecule has 0 fully saturated rings. The van der Waals surface area contributed by atoms with Gasteiger partial charge in [-0.15, -0.1) is 0 Å². The van der Waals surface area contributed by atoms with Crippen molar-refractivity contribution in [1.82, 2.24) is 5.32 Å². The molecular formula is C11H22F3NO. The van der Waals surface area contributed by atoms with Gasteiger partial charge in [0.1, 0.15) is 6.04 Å². The average Bonchev–Trinajstić information content (AvgIpc) is 2.19. The molecule has 0 saturated carbocycles. The van der Waals surface area contributed by atoms with Gasteiger partial charge < -0.3 is 10.4 Å². The number of rotatable bonds is 8. The first kappa shape index (κ1) is 15.7. The van der Waals surface area contributed by atoms with Crippen LogP contribution in [0.15, 0.2) is 0 Å². The van der Waals surface area contributed by atoms with Crippen molar-refractivity contribution in [2.75, 3.05) is 7.05 Å². The molecule has 2 nitrogen and oxygen atoms in total. The Hall–Kier alpha value is -0.290. The molecule has 5 heteroatoms. The largest absolute Gasteiger partial charge is 0.403 e. The van der Waals surface area contributed by atoms with Gasteiger partial charge in [-0.25, -0.2) is 0 Å². The molecule has 2 atom stereocenters. The fraction of sp³-hybridized carbons (Fsp3) is 1.00. The maximum atomic E-state index is 12.4. The Labute approximate surface area is 95.2 Å². The van der Waals surface area contributed by atoms with Crippen LogP contribution in [0.4, 0.5) is 13.2 Å². The van der Waals surface area contributed by atoms with Gasteiger partial charge in [0.15, 0.2) is 0 Å². The average molecular weight is 241 g/mol.